The number of fused-ring (bicyclic) bond motifs is 2. The van der Waals surface area contributed by atoms with E-state index in [-0.39, 0.29) is 0 Å². The van der Waals surface area contributed by atoms with Crippen molar-refractivity contribution in [2.75, 3.05) is 0 Å². The van der Waals surface area contributed by atoms with E-state index in [0.717, 1.165) is 16.5 Å². The number of benzene rings is 1. The molecule has 0 saturated heterocycles. The molecule has 2 aliphatic rings. The third kappa shape index (κ3) is 1.16. The van der Waals surface area contributed by atoms with Gasteiger partial charge in [0.15, 0.2) is 0 Å². The van der Waals surface area contributed by atoms with Crippen LogP contribution in [0.5, 0.6) is 0 Å². The Hall–Kier alpha value is -2.10. The van der Waals surface area contributed by atoms with Crippen molar-refractivity contribution in [3.05, 3.63) is 46.8 Å². The van der Waals surface area contributed by atoms with E-state index in [1.54, 1.807) is 0 Å². The first-order valence-corrected chi connectivity index (χ1v) is 5.03. The summed E-state index contributed by atoms with van der Waals surface area (Å²) in [6, 6.07) is 4.04. The summed E-state index contributed by atoms with van der Waals surface area (Å²) in [5, 5.41) is 3.83. The molecular formula is C12H11NO3. The predicted molar refractivity (Wildman–Crippen MR) is 57.5 cm³/mol. The average molecular weight is 217 g/mol. The third-order valence-corrected chi connectivity index (χ3v) is 2.83. The SMILES string of the molecule is Cc1ccc2c3occoc=3o[nH]c2c1C. The number of hydrogen-bond acceptors (Lipinski definition) is 3. The smallest absolute Gasteiger partial charge is 0.355 e. The zero-order chi connectivity index (χ0) is 11.1. The average Bonchev–Trinajstić information content (AvgIpc) is 2.33. The minimum Gasteiger partial charge on any atom is -0.453 e. The van der Waals surface area contributed by atoms with Crippen molar-refractivity contribution < 1.29 is 13.4 Å². The predicted octanol–water partition coefficient (Wildman–Crippen LogP) is 3.41. The van der Waals surface area contributed by atoms with E-state index < -0.39 is 0 Å². The third-order valence-electron chi connectivity index (χ3n) is 2.83. The fourth-order valence-electron chi connectivity index (χ4n) is 1.76. The summed E-state index contributed by atoms with van der Waals surface area (Å²) >= 11 is 0. The lowest BCUT2D eigenvalue weighted by molar-refractivity contribution is 0.247. The van der Waals surface area contributed by atoms with Crippen molar-refractivity contribution in [2.45, 2.75) is 13.8 Å². The minimum absolute atomic E-state index is 0.346. The molecule has 0 radical (unpaired) electrons. The maximum absolute atomic E-state index is 5.41. The normalized spacial score (nSPS) is 11.1. The Labute approximate surface area is 90.8 Å². The van der Waals surface area contributed by atoms with Crippen molar-refractivity contribution in [3.63, 3.8) is 0 Å². The Morgan fingerprint density at radius 2 is 1.88 bits per heavy atom. The largest absolute Gasteiger partial charge is 0.453 e. The molecule has 0 unspecified atom stereocenters. The highest BCUT2D eigenvalue weighted by Gasteiger charge is 2.06. The highest BCUT2D eigenvalue weighted by atomic mass is 16.5. The summed E-state index contributed by atoms with van der Waals surface area (Å²) in [6.07, 6.45) is 2.93. The number of rotatable bonds is 0. The topological polar surface area (TPSA) is 55.2 Å². The van der Waals surface area contributed by atoms with Gasteiger partial charge in [-0.2, -0.15) is 0 Å². The van der Waals surface area contributed by atoms with Crippen molar-refractivity contribution in [1.82, 2.24) is 5.16 Å². The van der Waals surface area contributed by atoms with Crippen molar-refractivity contribution in [3.8, 4) is 0 Å². The molecule has 2 aliphatic heterocycles. The van der Waals surface area contributed by atoms with Crippen LogP contribution in [0.15, 0.2) is 38.0 Å². The minimum atomic E-state index is 0.346. The molecule has 0 bridgehead atoms. The molecule has 0 saturated carbocycles. The summed E-state index contributed by atoms with van der Waals surface area (Å²) in [6.45, 7) is 4.09. The van der Waals surface area contributed by atoms with Gasteiger partial charge in [-0.1, -0.05) is 6.07 Å². The Morgan fingerprint density at radius 1 is 1.06 bits per heavy atom. The molecule has 1 aromatic carbocycles. The van der Waals surface area contributed by atoms with E-state index >= 15 is 0 Å². The van der Waals surface area contributed by atoms with Gasteiger partial charge in [-0.15, -0.1) is 0 Å². The van der Waals surface area contributed by atoms with Gasteiger partial charge in [0.25, 0.3) is 0 Å². The molecule has 0 atom stereocenters. The van der Waals surface area contributed by atoms with Gasteiger partial charge in [0.05, 0.1) is 10.9 Å². The van der Waals surface area contributed by atoms with Gasteiger partial charge in [-0.3, -0.25) is 0 Å². The Morgan fingerprint density at radius 3 is 2.75 bits per heavy atom. The van der Waals surface area contributed by atoms with Gasteiger partial charge in [0, 0.05) is 0 Å². The number of aromatic amines is 1. The number of aromatic nitrogens is 1. The second-order valence-electron chi connectivity index (χ2n) is 3.76. The molecule has 0 aliphatic carbocycles. The van der Waals surface area contributed by atoms with Gasteiger partial charge < -0.3 is 13.4 Å². The lowest BCUT2D eigenvalue weighted by atomic mass is 10.1. The van der Waals surface area contributed by atoms with Gasteiger partial charge in [-0.25, -0.2) is 5.16 Å². The van der Waals surface area contributed by atoms with Crippen molar-refractivity contribution >= 4 is 10.9 Å². The summed E-state index contributed by atoms with van der Waals surface area (Å²) in [7, 11) is 0. The maximum atomic E-state index is 5.41. The molecule has 1 N–H and O–H groups in total. The van der Waals surface area contributed by atoms with Gasteiger partial charge in [0.1, 0.15) is 12.5 Å². The molecule has 4 heteroatoms. The number of nitrogens with one attached hydrogen (secondary N) is 1. The van der Waals surface area contributed by atoms with Crippen LogP contribution in [-0.2, 0) is 0 Å². The van der Waals surface area contributed by atoms with Crippen LogP contribution in [0.1, 0.15) is 11.1 Å². The van der Waals surface area contributed by atoms with Crippen LogP contribution in [0.3, 0.4) is 0 Å². The molecule has 2 heterocycles. The zero-order valence-corrected chi connectivity index (χ0v) is 9.03. The van der Waals surface area contributed by atoms with Crippen LogP contribution < -0.4 is 0 Å². The first kappa shape index (κ1) is 9.15. The fraction of sp³-hybridized carbons (Fsp3) is 0.167. The lowest BCUT2D eigenvalue weighted by Crippen LogP contribution is -1.89. The molecule has 82 valence electrons. The number of aryl methyl sites for hydroxylation is 2. The number of H-pyrrole nitrogens is 1. The van der Waals surface area contributed by atoms with E-state index in [4.69, 9.17) is 13.4 Å². The first-order valence-electron chi connectivity index (χ1n) is 5.03. The maximum Gasteiger partial charge on any atom is 0.355 e. The van der Waals surface area contributed by atoms with Crippen LogP contribution in [0.2, 0.25) is 0 Å². The zero-order valence-electron chi connectivity index (χ0n) is 9.03. The van der Waals surface area contributed by atoms with E-state index in [9.17, 15) is 0 Å². The molecule has 0 spiro atoms. The van der Waals surface area contributed by atoms with E-state index in [0.29, 0.717) is 11.0 Å². The Kier molecular flexibility index (Phi) is 1.83. The number of hydrogen-bond donors (Lipinski definition) is 1. The second kappa shape index (κ2) is 3.20. The van der Waals surface area contributed by atoms with Gasteiger partial charge in [-0.05, 0) is 31.0 Å². The standard InChI is InChI=1S/C12H11NO3/c1-7-3-4-9-10(8(7)2)13-16-12-11(9)14-5-6-15-12/h3-6,13H,1-2H3. The highest BCUT2D eigenvalue weighted by molar-refractivity contribution is 5.81. The summed E-state index contributed by atoms with van der Waals surface area (Å²) in [5.74, 6) is 0. The van der Waals surface area contributed by atoms with Gasteiger partial charge in [0.2, 0.25) is 5.42 Å². The fourth-order valence-corrected chi connectivity index (χ4v) is 1.76. The molecule has 0 fully saturated rings. The Balaban J connectivity index is 2.65. The van der Waals surface area contributed by atoms with Crippen molar-refractivity contribution in [1.29, 1.82) is 0 Å². The van der Waals surface area contributed by atoms with Crippen LogP contribution in [0.25, 0.3) is 10.9 Å². The van der Waals surface area contributed by atoms with E-state index in [1.807, 2.05) is 19.1 Å². The van der Waals surface area contributed by atoms with Crippen LogP contribution >= 0.6 is 0 Å². The molecule has 0 amide bonds. The highest BCUT2D eigenvalue weighted by Crippen LogP contribution is 2.20. The Bertz CT molecular complexity index is 739. The molecule has 3 rings (SSSR count). The van der Waals surface area contributed by atoms with Crippen LogP contribution in [0, 0.1) is 24.9 Å². The lowest BCUT2D eigenvalue weighted by Gasteiger charge is -2.04. The van der Waals surface area contributed by atoms with E-state index in [2.05, 4.69) is 12.1 Å². The molecule has 1 aromatic rings. The van der Waals surface area contributed by atoms with Crippen LogP contribution in [0.4, 0.5) is 0 Å². The van der Waals surface area contributed by atoms with Crippen LogP contribution in [-0.4, -0.2) is 5.16 Å². The van der Waals surface area contributed by atoms with E-state index in [1.165, 1.54) is 18.1 Å². The molecular weight excluding hydrogens is 206 g/mol. The van der Waals surface area contributed by atoms with Crippen molar-refractivity contribution in [2.24, 2.45) is 0 Å². The second-order valence-corrected chi connectivity index (χ2v) is 3.76. The molecule has 0 aromatic heterocycles. The molecule has 4 nitrogen and oxygen atoms in total. The summed E-state index contributed by atoms with van der Waals surface area (Å²) < 4.78 is 15.9. The first-order chi connectivity index (χ1) is 7.77. The molecule has 16 heavy (non-hydrogen) atoms. The summed E-state index contributed by atoms with van der Waals surface area (Å²) in [5.41, 5.74) is 4.23. The quantitative estimate of drug-likeness (QED) is 0.627. The van der Waals surface area contributed by atoms with Gasteiger partial charge >= 0.3 is 5.61 Å². The monoisotopic (exact) mass is 217 g/mol. The summed E-state index contributed by atoms with van der Waals surface area (Å²) in [4.78, 5) is 0.